The number of piperidine rings is 1. The first kappa shape index (κ1) is 22.4. The zero-order chi connectivity index (χ0) is 22.5. The molecular weight excluding hydrogens is 400 g/mol. The number of likely N-dealkylation sites (tertiary alicyclic amines) is 1. The predicted molar refractivity (Wildman–Crippen MR) is 125 cm³/mol. The van der Waals surface area contributed by atoms with E-state index in [2.05, 4.69) is 21.3 Å². The minimum Gasteiger partial charge on any atom is -0.354 e. The average Bonchev–Trinajstić information content (AvgIpc) is 3.35. The Balaban J connectivity index is 1.45. The summed E-state index contributed by atoms with van der Waals surface area (Å²) in [6.07, 6.45) is 10.8. The maximum Gasteiger partial charge on any atom is 0.269 e. The fourth-order valence-corrected chi connectivity index (χ4v) is 5.13. The Labute approximate surface area is 190 Å². The molecule has 3 heterocycles. The molecule has 2 aromatic rings. The number of nitrogens with one attached hydrogen (secondary N) is 1. The van der Waals surface area contributed by atoms with Crippen molar-refractivity contribution in [3.05, 3.63) is 47.5 Å². The van der Waals surface area contributed by atoms with Gasteiger partial charge in [-0.15, -0.1) is 0 Å². The number of carbonyl (C=O) groups excluding carboxylic acids is 2. The molecule has 6 nitrogen and oxygen atoms in total. The van der Waals surface area contributed by atoms with Crippen LogP contribution in [0.15, 0.2) is 30.5 Å². The van der Waals surface area contributed by atoms with E-state index in [0.717, 1.165) is 60.8 Å². The van der Waals surface area contributed by atoms with E-state index >= 15 is 0 Å². The van der Waals surface area contributed by atoms with Crippen molar-refractivity contribution < 1.29 is 9.59 Å². The fraction of sp³-hybridized carbons (Fsp3) is 0.538. The predicted octanol–water partition coefficient (Wildman–Crippen LogP) is 4.49. The third-order valence-corrected chi connectivity index (χ3v) is 6.96. The molecule has 6 heteroatoms. The van der Waals surface area contributed by atoms with Crippen LogP contribution in [0.5, 0.6) is 0 Å². The summed E-state index contributed by atoms with van der Waals surface area (Å²) >= 11 is 0. The quantitative estimate of drug-likeness (QED) is 0.727. The molecule has 1 saturated heterocycles. The first-order chi connectivity index (χ1) is 15.5. The van der Waals surface area contributed by atoms with Crippen LogP contribution in [-0.2, 0) is 4.79 Å². The minimum atomic E-state index is -0.192. The molecule has 1 atom stereocenters. The van der Waals surface area contributed by atoms with Crippen molar-refractivity contribution in [2.24, 2.45) is 5.92 Å². The van der Waals surface area contributed by atoms with Crippen LogP contribution in [0.1, 0.15) is 79.2 Å². The van der Waals surface area contributed by atoms with E-state index in [1.54, 1.807) is 19.3 Å². The Morgan fingerprint density at radius 1 is 1.09 bits per heavy atom. The Morgan fingerprint density at radius 3 is 2.62 bits per heavy atom. The summed E-state index contributed by atoms with van der Waals surface area (Å²) in [5, 5.41) is 2.60. The van der Waals surface area contributed by atoms with Crippen molar-refractivity contribution in [3.8, 4) is 11.1 Å². The van der Waals surface area contributed by atoms with Crippen LogP contribution >= 0.6 is 0 Å². The summed E-state index contributed by atoms with van der Waals surface area (Å²) < 4.78 is 0. The fourth-order valence-electron chi connectivity index (χ4n) is 5.13. The molecule has 1 aliphatic heterocycles. The number of hydrogen-bond donors (Lipinski definition) is 1. The molecule has 0 aromatic carbocycles. The van der Waals surface area contributed by atoms with Crippen LogP contribution in [0.25, 0.3) is 11.1 Å². The molecule has 4 rings (SSSR count). The lowest BCUT2D eigenvalue weighted by Crippen LogP contribution is -2.39. The van der Waals surface area contributed by atoms with Crippen molar-refractivity contribution in [3.63, 3.8) is 0 Å². The normalized spacial score (nSPS) is 19.2. The maximum absolute atomic E-state index is 12.9. The first-order valence-electron chi connectivity index (χ1n) is 12.0. The lowest BCUT2D eigenvalue weighted by molar-refractivity contribution is -0.132. The highest BCUT2D eigenvalue weighted by atomic mass is 16.2. The van der Waals surface area contributed by atoms with Crippen LogP contribution in [0.2, 0.25) is 0 Å². The summed E-state index contributed by atoms with van der Waals surface area (Å²) in [4.78, 5) is 35.8. The molecule has 1 saturated carbocycles. The van der Waals surface area contributed by atoms with E-state index < -0.39 is 0 Å². The van der Waals surface area contributed by atoms with E-state index in [1.165, 1.54) is 25.7 Å². The van der Waals surface area contributed by atoms with Gasteiger partial charge in [-0.2, -0.15) is 0 Å². The summed E-state index contributed by atoms with van der Waals surface area (Å²) in [6, 6.07) is 7.85. The molecule has 0 unspecified atom stereocenters. The lowest BCUT2D eigenvalue weighted by Gasteiger charge is -2.33. The number of hydrogen-bond acceptors (Lipinski definition) is 4. The highest BCUT2D eigenvalue weighted by Crippen LogP contribution is 2.31. The number of pyridine rings is 2. The smallest absolute Gasteiger partial charge is 0.269 e. The van der Waals surface area contributed by atoms with E-state index in [0.29, 0.717) is 18.0 Å². The van der Waals surface area contributed by atoms with Gasteiger partial charge in [-0.25, -0.2) is 0 Å². The molecule has 1 N–H and O–H groups in total. The van der Waals surface area contributed by atoms with Crippen LogP contribution in [0.4, 0.5) is 0 Å². The second kappa shape index (κ2) is 10.2. The van der Waals surface area contributed by atoms with Gasteiger partial charge in [0.25, 0.3) is 5.91 Å². The zero-order valence-electron chi connectivity index (χ0n) is 19.3. The molecule has 2 amide bonds. The lowest BCUT2D eigenvalue weighted by atomic mass is 9.92. The SMILES string of the molecule is CNC(=O)c1ccc(-c2cc(C)nc([C@H]3CCCN(C(=O)CCC4CCCC4)C3)c2)cn1. The van der Waals surface area contributed by atoms with Gasteiger partial charge >= 0.3 is 0 Å². The van der Waals surface area contributed by atoms with Crippen molar-refractivity contribution in [2.45, 2.75) is 64.2 Å². The van der Waals surface area contributed by atoms with Crippen molar-refractivity contribution >= 4 is 11.8 Å². The number of aryl methyl sites for hydroxylation is 1. The Kier molecular flexibility index (Phi) is 7.18. The van der Waals surface area contributed by atoms with Crippen molar-refractivity contribution in [1.29, 1.82) is 0 Å². The Hall–Kier alpha value is -2.76. The topological polar surface area (TPSA) is 75.2 Å². The van der Waals surface area contributed by atoms with Gasteiger partial charge in [-0.1, -0.05) is 31.7 Å². The average molecular weight is 435 g/mol. The molecule has 1 aliphatic carbocycles. The summed E-state index contributed by atoms with van der Waals surface area (Å²) in [5.74, 6) is 1.13. The molecule has 2 aromatic heterocycles. The second-order valence-electron chi connectivity index (χ2n) is 9.30. The molecule has 0 bridgehead atoms. The third kappa shape index (κ3) is 5.34. The minimum absolute atomic E-state index is 0.192. The van der Waals surface area contributed by atoms with Crippen LogP contribution in [0.3, 0.4) is 0 Å². The van der Waals surface area contributed by atoms with Crippen LogP contribution in [0, 0.1) is 12.8 Å². The van der Waals surface area contributed by atoms with Gasteiger partial charge in [0.05, 0.1) is 0 Å². The van der Waals surface area contributed by atoms with Crippen molar-refractivity contribution in [1.82, 2.24) is 20.2 Å². The molecule has 2 aliphatic rings. The van der Waals surface area contributed by atoms with Gasteiger partial charge in [0, 0.05) is 55.6 Å². The van der Waals surface area contributed by atoms with Gasteiger partial charge < -0.3 is 10.2 Å². The van der Waals surface area contributed by atoms with E-state index in [4.69, 9.17) is 4.98 Å². The van der Waals surface area contributed by atoms with Crippen molar-refractivity contribution in [2.75, 3.05) is 20.1 Å². The third-order valence-electron chi connectivity index (χ3n) is 6.96. The monoisotopic (exact) mass is 434 g/mol. The van der Waals surface area contributed by atoms with E-state index in [9.17, 15) is 9.59 Å². The summed E-state index contributed by atoms with van der Waals surface area (Å²) in [7, 11) is 1.60. The van der Waals surface area contributed by atoms with Gasteiger partial charge in [-0.3, -0.25) is 19.6 Å². The van der Waals surface area contributed by atoms with Gasteiger partial charge in [0.15, 0.2) is 0 Å². The summed E-state index contributed by atoms with van der Waals surface area (Å²) in [5.41, 5.74) is 4.42. The molecule has 0 spiro atoms. The highest BCUT2D eigenvalue weighted by molar-refractivity contribution is 5.92. The number of amides is 2. The Morgan fingerprint density at radius 2 is 1.91 bits per heavy atom. The number of carbonyl (C=O) groups is 2. The second-order valence-corrected chi connectivity index (χ2v) is 9.30. The summed E-state index contributed by atoms with van der Waals surface area (Å²) in [6.45, 7) is 3.63. The highest BCUT2D eigenvalue weighted by Gasteiger charge is 2.27. The molecule has 0 radical (unpaired) electrons. The van der Waals surface area contributed by atoms with Gasteiger partial charge in [-0.05, 0) is 55.9 Å². The van der Waals surface area contributed by atoms with Crippen LogP contribution in [-0.4, -0.2) is 46.8 Å². The number of rotatable bonds is 6. The van der Waals surface area contributed by atoms with Gasteiger partial charge in [0.1, 0.15) is 5.69 Å². The molecule has 170 valence electrons. The van der Waals surface area contributed by atoms with E-state index in [-0.39, 0.29) is 11.8 Å². The number of nitrogens with zero attached hydrogens (tertiary/aromatic N) is 3. The van der Waals surface area contributed by atoms with E-state index in [1.807, 2.05) is 19.1 Å². The first-order valence-corrected chi connectivity index (χ1v) is 12.0. The molecule has 32 heavy (non-hydrogen) atoms. The largest absolute Gasteiger partial charge is 0.354 e. The standard InChI is InChI=1S/C26H34N4O2/c1-18-14-22(20-10-11-23(28-16-20)26(32)27-2)15-24(29-18)21-8-5-13-30(17-21)25(31)12-9-19-6-3-4-7-19/h10-11,14-16,19,21H,3-9,12-13,17H2,1-2H3,(H,27,32)/t21-/m0/s1. The van der Waals surface area contributed by atoms with Gasteiger partial charge in [0.2, 0.25) is 5.91 Å². The molecular formula is C26H34N4O2. The maximum atomic E-state index is 12.9. The van der Waals surface area contributed by atoms with Crippen LogP contribution < -0.4 is 5.32 Å². The Bertz CT molecular complexity index is 951. The zero-order valence-corrected chi connectivity index (χ0v) is 19.3. The molecule has 2 fully saturated rings. The number of aromatic nitrogens is 2.